The maximum absolute atomic E-state index is 12.0. The molecule has 0 saturated carbocycles. The fourth-order valence-electron chi connectivity index (χ4n) is 1.89. The second kappa shape index (κ2) is 6.13. The van der Waals surface area contributed by atoms with E-state index in [4.69, 9.17) is 11.6 Å². The summed E-state index contributed by atoms with van der Waals surface area (Å²) < 4.78 is 2.49. The van der Waals surface area contributed by atoms with E-state index in [1.807, 2.05) is 5.38 Å². The van der Waals surface area contributed by atoms with Crippen molar-refractivity contribution in [3.05, 3.63) is 50.7 Å². The summed E-state index contributed by atoms with van der Waals surface area (Å²) in [5, 5.41) is 9.60. The van der Waals surface area contributed by atoms with Crippen molar-refractivity contribution in [3.8, 4) is 0 Å². The van der Waals surface area contributed by atoms with Gasteiger partial charge in [-0.05, 0) is 34.1 Å². The molecule has 0 fully saturated rings. The summed E-state index contributed by atoms with van der Waals surface area (Å²) >= 11 is 10.8. The molecule has 0 unspecified atom stereocenters. The highest BCUT2D eigenvalue weighted by molar-refractivity contribution is 9.10. The third kappa shape index (κ3) is 3.09. The van der Waals surface area contributed by atoms with Crippen LogP contribution in [0.1, 0.15) is 16.1 Å². The van der Waals surface area contributed by atoms with Crippen LogP contribution in [-0.4, -0.2) is 27.0 Å². The van der Waals surface area contributed by atoms with E-state index in [2.05, 4.69) is 31.3 Å². The van der Waals surface area contributed by atoms with Gasteiger partial charge in [0.2, 0.25) is 4.96 Å². The molecule has 1 amide bonds. The molecular weight excluding hydrogens is 376 g/mol. The number of carbonyl (C=O) groups excluding carboxylic acids is 1. The number of aromatic nitrogens is 3. The van der Waals surface area contributed by atoms with Crippen molar-refractivity contribution in [2.75, 3.05) is 6.54 Å². The predicted octanol–water partition coefficient (Wildman–Crippen LogP) is 3.18. The molecule has 8 heteroatoms. The molecule has 0 aliphatic rings. The van der Waals surface area contributed by atoms with Gasteiger partial charge in [0.1, 0.15) is 6.33 Å². The van der Waals surface area contributed by atoms with Crippen LogP contribution in [-0.2, 0) is 6.42 Å². The number of benzene rings is 1. The summed E-state index contributed by atoms with van der Waals surface area (Å²) in [4.78, 5) is 17.0. The number of carbonyl (C=O) groups is 1. The normalized spacial score (nSPS) is 11.0. The van der Waals surface area contributed by atoms with E-state index in [0.29, 0.717) is 28.0 Å². The van der Waals surface area contributed by atoms with Gasteiger partial charge in [-0.25, -0.2) is 9.50 Å². The first-order valence-corrected chi connectivity index (χ1v) is 8.19. The van der Waals surface area contributed by atoms with Gasteiger partial charge in [-0.3, -0.25) is 4.79 Å². The fraction of sp³-hybridized carbons (Fsp3) is 0.154. The van der Waals surface area contributed by atoms with Crippen LogP contribution in [0.3, 0.4) is 0 Å². The molecule has 0 saturated heterocycles. The van der Waals surface area contributed by atoms with Crippen LogP contribution >= 0.6 is 38.9 Å². The first-order valence-electron chi connectivity index (χ1n) is 6.14. The first-order chi connectivity index (χ1) is 10.1. The molecule has 1 N–H and O–H groups in total. The summed E-state index contributed by atoms with van der Waals surface area (Å²) in [6.45, 7) is 0.533. The Hall–Kier alpha value is -1.44. The topological polar surface area (TPSA) is 59.3 Å². The fourth-order valence-corrected chi connectivity index (χ4v) is 3.22. The van der Waals surface area contributed by atoms with E-state index >= 15 is 0 Å². The Morgan fingerprint density at radius 2 is 2.33 bits per heavy atom. The smallest absolute Gasteiger partial charge is 0.251 e. The van der Waals surface area contributed by atoms with E-state index in [0.717, 1.165) is 10.7 Å². The maximum atomic E-state index is 12.0. The van der Waals surface area contributed by atoms with Gasteiger partial charge in [0.15, 0.2) is 0 Å². The summed E-state index contributed by atoms with van der Waals surface area (Å²) in [7, 11) is 0. The van der Waals surface area contributed by atoms with Crippen LogP contribution in [0.2, 0.25) is 5.02 Å². The quantitative estimate of drug-likeness (QED) is 0.750. The van der Waals surface area contributed by atoms with Crippen molar-refractivity contribution in [2.45, 2.75) is 6.42 Å². The van der Waals surface area contributed by atoms with Crippen LogP contribution in [0.5, 0.6) is 0 Å². The van der Waals surface area contributed by atoms with E-state index in [1.165, 1.54) is 17.7 Å². The van der Waals surface area contributed by atoms with Crippen molar-refractivity contribution in [2.24, 2.45) is 0 Å². The number of nitrogens with zero attached hydrogens (tertiary/aromatic N) is 3. The van der Waals surface area contributed by atoms with Crippen molar-refractivity contribution in [1.29, 1.82) is 0 Å². The standard InChI is InChI=1S/C13H10BrClN4OS/c14-10-5-8(1-2-11(10)15)12(20)16-4-3-9-6-21-13-17-7-18-19(9)13/h1-2,5-7H,3-4H2,(H,16,20). The molecule has 0 bridgehead atoms. The Bertz CT molecular complexity index is 800. The highest BCUT2D eigenvalue weighted by Gasteiger charge is 2.09. The van der Waals surface area contributed by atoms with E-state index in [9.17, 15) is 4.79 Å². The lowest BCUT2D eigenvalue weighted by molar-refractivity contribution is 0.0954. The molecule has 5 nitrogen and oxygen atoms in total. The lowest BCUT2D eigenvalue weighted by atomic mass is 10.2. The molecule has 0 aliphatic heterocycles. The van der Waals surface area contributed by atoms with Crippen LogP contribution in [0.15, 0.2) is 34.4 Å². The number of hydrogen-bond donors (Lipinski definition) is 1. The predicted molar refractivity (Wildman–Crippen MR) is 86.1 cm³/mol. The summed E-state index contributed by atoms with van der Waals surface area (Å²) in [5.74, 6) is -0.127. The second-order valence-corrected chi connectivity index (χ2v) is 6.41. The SMILES string of the molecule is O=C(NCCc1csc2ncnn12)c1ccc(Cl)c(Br)c1. The molecule has 3 rings (SSSR count). The largest absolute Gasteiger partial charge is 0.352 e. The molecular formula is C13H10BrClN4OS. The van der Waals surface area contributed by atoms with Gasteiger partial charge >= 0.3 is 0 Å². The number of thiazole rings is 1. The Kier molecular flexibility index (Phi) is 4.23. The summed E-state index contributed by atoms with van der Waals surface area (Å²) in [6.07, 6.45) is 2.23. The number of hydrogen-bond acceptors (Lipinski definition) is 4. The molecule has 1 aromatic carbocycles. The highest BCUT2D eigenvalue weighted by Crippen LogP contribution is 2.23. The summed E-state index contributed by atoms with van der Waals surface area (Å²) in [6, 6.07) is 5.10. The van der Waals surface area contributed by atoms with Crippen molar-refractivity contribution in [3.63, 3.8) is 0 Å². The third-order valence-electron chi connectivity index (χ3n) is 2.94. The van der Waals surface area contributed by atoms with E-state index < -0.39 is 0 Å². The molecule has 0 aliphatic carbocycles. The Balaban J connectivity index is 1.61. The van der Waals surface area contributed by atoms with Gasteiger partial charge < -0.3 is 5.32 Å². The van der Waals surface area contributed by atoms with E-state index in [-0.39, 0.29) is 5.91 Å². The monoisotopic (exact) mass is 384 g/mol. The first kappa shape index (κ1) is 14.5. The van der Waals surface area contributed by atoms with Gasteiger partial charge in [0.25, 0.3) is 5.91 Å². The minimum atomic E-state index is -0.127. The van der Waals surface area contributed by atoms with Crippen LogP contribution in [0.4, 0.5) is 0 Å². The van der Waals surface area contributed by atoms with Crippen LogP contribution in [0, 0.1) is 0 Å². The third-order valence-corrected chi connectivity index (χ3v) is 5.03. The number of rotatable bonds is 4. The zero-order valence-electron chi connectivity index (χ0n) is 10.7. The molecule has 2 aromatic heterocycles. The van der Waals surface area contributed by atoms with E-state index in [1.54, 1.807) is 22.7 Å². The second-order valence-electron chi connectivity index (χ2n) is 4.32. The maximum Gasteiger partial charge on any atom is 0.251 e. The van der Waals surface area contributed by atoms with Gasteiger partial charge in [0, 0.05) is 28.4 Å². The molecule has 0 radical (unpaired) electrons. The van der Waals surface area contributed by atoms with Gasteiger partial charge in [-0.15, -0.1) is 11.3 Å². The van der Waals surface area contributed by atoms with Gasteiger partial charge in [-0.1, -0.05) is 11.6 Å². The average molecular weight is 386 g/mol. The molecule has 0 atom stereocenters. The Morgan fingerprint density at radius 1 is 1.48 bits per heavy atom. The van der Waals surface area contributed by atoms with Gasteiger partial charge in [0.05, 0.1) is 10.7 Å². The van der Waals surface area contributed by atoms with Gasteiger partial charge in [-0.2, -0.15) is 5.10 Å². The Morgan fingerprint density at radius 3 is 3.14 bits per heavy atom. The molecule has 3 aromatic rings. The van der Waals surface area contributed by atoms with Crippen molar-refractivity contribution < 1.29 is 4.79 Å². The Labute approximate surface area is 138 Å². The minimum Gasteiger partial charge on any atom is -0.352 e. The number of fused-ring (bicyclic) bond motifs is 1. The zero-order chi connectivity index (χ0) is 14.8. The van der Waals surface area contributed by atoms with Crippen molar-refractivity contribution in [1.82, 2.24) is 19.9 Å². The summed E-state index contributed by atoms with van der Waals surface area (Å²) in [5.41, 5.74) is 1.60. The molecule has 2 heterocycles. The number of nitrogens with one attached hydrogen (secondary N) is 1. The minimum absolute atomic E-state index is 0.127. The molecule has 108 valence electrons. The molecule has 21 heavy (non-hydrogen) atoms. The lowest BCUT2D eigenvalue weighted by Gasteiger charge is -2.05. The van der Waals surface area contributed by atoms with Crippen LogP contribution in [0.25, 0.3) is 4.96 Å². The average Bonchev–Trinajstić information content (AvgIpc) is 3.06. The lowest BCUT2D eigenvalue weighted by Crippen LogP contribution is -2.26. The zero-order valence-corrected chi connectivity index (χ0v) is 13.9. The number of halogens is 2. The van der Waals surface area contributed by atoms with Crippen molar-refractivity contribution >= 4 is 49.7 Å². The number of amides is 1. The molecule has 0 spiro atoms. The highest BCUT2D eigenvalue weighted by atomic mass is 79.9. The van der Waals surface area contributed by atoms with Crippen LogP contribution < -0.4 is 5.32 Å².